The predicted molar refractivity (Wildman–Crippen MR) is 95.3 cm³/mol. The minimum Gasteiger partial charge on any atom is -0.361 e. The van der Waals surface area contributed by atoms with E-state index in [2.05, 4.69) is 20.3 Å². The number of nitrogens with one attached hydrogen (secondary N) is 1. The van der Waals surface area contributed by atoms with E-state index in [1.165, 1.54) is 5.56 Å². The normalized spacial score (nSPS) is 20.5. The van der Waals surface area contributed by atoms with E-state index in [1.807, 2.05) is 13.8 Å². The molecule has 24 heavy (non-hydrogen) atoms. The third-order valence-electron chi connectivity index (χ3n) is 5.15. The van der Waals surface area contributed by atoms with Gasteiger partial charge in [-0.15, -0.1) is 12.4 Å². The average molecular weight is 357 g/mol. The zero-order valence-electron chi connectivity index (χ0n) is 14.7. The Morgan fingerprint density at radius 3 is 2.62 bits per heavy atom. The Morgan fingerprint density at radius 1 is 1.21 bits per heavy atom. The number of halogens is 1. The zero-order chi connectivity index (χ0) is 16.2. The van der Waals surface area contributed by atoms with Gasteiger partial charge in [-0.1, -0.05) is 5.16 Å². The van der Waals surface area contributed by atoms with Gasteiger partial charge in [-0.05, 0) is 46.2 Å². The first-order chi connectivity index (χ1) is 11.1. The van der Waals surface area contributed by atoms with Gasteiger partial charge in [-0.3, -0.25) is 9.69 Å². The van der Waals surface area contributed by atoms with E-state index in [-0.39, 0.29) is 18.3 Å². The number of hydrogen-bond donors (Lipinski definition) is 1. The fourth-order valence-corrected chi connectivity index (χ4v) is 3.63. The first-order valence-corrected chi connectivity index (χ1v) is 8.79. The predicted octanol–water partition coefficient (Wildman–Crippen LogP) is 1.75. The molecule has 1 aromatic heterocycles. The average Bonchev–Trinajstić information content (AvgIpc) is 2.79. The van der Waals surface area contributed by atoms with Crippen LogP contribution in [0.5, 0.6) is 0 Å². The molecule has 1 N–H and O–H groups in total. The maximum atomic E-state index is 12.7. The van der Waals surface area contributed by atoms with Crippen molar-refractivity contribution in [2.24, 2.45) is 5.92 Å². The van der Waals surface area contributed by atoms with Crippen LogP contribution in [0.25, 0.3) is 0 Å². The van der Waals surface area contributed by atoms with Gasteiger partial charge in [0.05, 0.1) is 5.69 Å². The van der Waals surface area contributed by atoms with Crippen LogP contribution in [-0.2, 0) is 11.3 Å². The lowest BCUT2D eigenvalue weighted by atomic mass is 9.96. The second kappa shape index (κ2) is 8.83. The van der Waals surface area contributed by atoms with Crippen molar-refractivity contribution in [3.8, 4) is 0 Å². The summed E-state index contributed by atoms with van der Waals surface area (Å²) in [6.45, 7) is 10.5. The van der Waals surface area contributed by atoms with Gasteiger partial charge in [0.25, 0.3) is 0 Å². The molecule has 7 heteroatoms. The second-order valence-electron chi connectivity index (χ2n) is 6.78. The van der Waals surface area contributed by atoms with Gasteiger partial charge in [0.15, 0.2) is 0 Å². The first kappa shape index (κ1) is 19.2. The Labute approximate surface area is 150 Å². The van der Waals surface area contributed by atoms with Crippen LogP contribution in [0.15, 0.2) is 4.52 Å². The van der Waals surface area contributed by atoms with E-state index >= 15 is 0 Å². The largest absolute Gasteiger partial charge is 0.361 e. The summed E-state index contributed by atoms with van der Waals surface area (Å²) in [5, 5.41) is 7.37. The summed E-state index contributed by atoms with van der Waals surface area (Å²) in [5.41, 5.74) is 2.18. The second-order valence-corrected chi connectivity index (χ2v) is 6.78. The Kier molecular flexibility index (Phi) is 7.07. The van der Waals surface area contributed by atoms with Crippen molar-refractivity contribution >= 4 is 18.3 Å². The number of aryl methyl sites for hydroxylation is 2. The molecule has 2 aliphatic heterocycles. The van der Waals surface area contributed by atoms with E-state index in [0.29, 0.717) is 5.91 Å². The van der Waals surface area contributed by atoms with E-state index in [4.69, 9.17) is 4.52 Å². The quantitative estimate of drug-likeness (QED) is 0.894. The van der Waals surface area contributed by atoms with Crippen LogP contribution in [0, 0.1) is 19.8 Å². The molecule has 0 spiro atoms. The van der Waals surface area contributed by atoms with Gasteiger partial charge >= 0.3 is 0 Å². The highest BCUT2D eigenvalue weighted by atomic mass is 35.5. The van der Waals surface area contributed by atoms with Crippen molar-refractivity contribution < 1.29 is 9.32 Å². The summed E-state index contributed by atoms with van der Waals surface area (Å²) in [4.78, 5) is 17.2. The number of carbonyl (C=O) groups excluding carboxylic acids is 1. The Morgan fingerprint density at radius 2 is 1.96 bits per heavy atom. The van der Waals surface area contributed by atoms with Crippen LogP contribution >= 0.6 is 12.4 Å². The molecule has 1 aromatic rings. The minimum atomic E-state index is 0. The van der Waals surface area contributed by atoms with Gasteiger partial charge in [-0.2, -0.15) is 0 Å². The lowest BCUT2D eigenvalue weighted by molar-refractivity contribution is -0.136. The standard InChI is InChI=1S/C17H28N4O2.ClH/c1-13-16(14(2)23-19-13)12-20-8-3-9-21(11-10-20)17(22)15-4-6-18-7-5-15;/h15,18H,3-12H2,1-2H3;1H. The van der Waals surface area contributed by atoms with Crippen molar-refractivity contribution in [2.75, 3.05) is 39.3 Å². The molecule has 136 valence electrons. The van der Waals surface area contributed by atoms with E-state index < -0.39 is 0 Å². The van der Waals surface area contributed by atoms with E-state index in [0.717, 1.165) is 76.5 Å². The summed E-state index contributed by atoms with van der Waals surface area (Å²) < 4.78 is 5.26. The summed E-state index contributed by atoms with van der Waals surface area (Å²) in [6, 6.07) is 0. The Hall–Kier alpha value is -1.11. The Balaban J connectivity index is 0.00000208. The highest BCUT2D eigenvalue weighted by molar-refractivity contribution is 5.85. The third kappa shape index (κ3) is 4.49. The van der Waals surface area contributed by atoms with Crippen LogP contribution in [0.2, 0.25) is 0 Å². The zero-order valence-corrected chi connectivity index (χ0v) is 15.5. The summed E-state index contributed by atoms with van der Waals surface area (Å²) in [6.07, 6.45) is 3.01. The summed E-state index contributed by atoms with van der Waals surface area (Å²) >= 11 is 0. The molecule has 0 saturated carbocycles. The Bertz CT molecular complexity index is 523. The van der Waals surface area contributed by atoms with Crippen LogP contribution in [0.4, 0.5) is 0 Å². The van der Waals surface area contributed by atoms with Crippen molar-refractivity contribution in [1.29, 1.82) is 0 Å². The summed E-state index contributed by atoms with van der Waals surface area (Å²) in [5.74, 6) is 1.51. The van der Waals surface area contributed by atoms with Gasteiger partial charge in [0.1, 0.15) is 5.76 Å². The van der Waals surface area contributed by atoms with Crippen molar-refractivity contribution in [1.82, 2.24) is 20.3 Å². The number of rotatable bonds is 3. The molecule has 1 amide bonds. The molecule has 6 nitrogen and oxygen atoms in total. The maximum Gasteiger partial charge on any atom is 0.225 e. The lowest BCUT2D eigenvalue weighted by Gasteiger charge is -2.29. The topological polar surface area (TPSA) is 61.6 Å². The van der Waals surface area contributed by atoms with E-state index in [9.17, 15) is 4.79 Å². The monoisotopic (exact) mass is 356 g/mol. The van der Waals surface area contributed by atoms with Crippen molar-refractivity contribution in [3.63, 3.8) is 0 Å². The van der Waals surface area contributed by atoms with Crippen molar-refractivity contribution in [3.05, 3.63) is 17.0 Å². The van der Waals surface area contributed by atoms with Gasteiger partial charge in [-0.25, -0.2) is 0 Å². The first-order valence-electron chi connectivity index (χ1n) is 8.79. The molecule has 0 radical (unpaired) electrons. The number of hydrogen-bond acceptors (Lipinski definition) is 5. The van der Waals surface area contributed by atoms with Crippen LogP contribution in [0.1, 0.15) is 36.3 Å². The number of nitrogens with zero attached hydrogens (tertiary/aromatic N) is 3. The van der Waals surface area contributed by atoms with Crippen LogP contribution in [0.3, 0.4) is 0 Å². The van der Waals surface area contributed by atoms with Crippen LogP contribution in [-0.4, -0.2) is 60.1 Å². The van der Waals surface area contributed by atoms with Crippen molar-refractivity contribution in [2.45, 2.75) is 39.7 Å². The number of carbonyl (C=O) groups is 1. The van der Waals surface area contributed by atoms with Crippen LogP contribution < -0.4 is 5.32 Å². The van der Waals surface area contributed by atoms with Gasteiger partial charge in [0, 0.05) is 44.2 Å². The molecule has 0 bridgehead atoms. The molecular weight excluding hydrogens is 328 g/mol. The summed E-state index contributed by atoms with van der Waals surface area (Å²) in [7, 11) is 0. The highest BCUT2D eigenvalue weighted by Crippen LogP contribution is 2.19. The fraction of sp³-hybridized carbons (Fsp3) is 0.765. The molecular formula is C17H29ClN4O2. The molecule has 0 unspecified atom stereocenters. The number of amides is 1. The molecule has 0 aliphatic carbocycles. The number of piperidine rings is 1. The van der Waals surface area contributed by atoms with Gasteiger partial charge in [0.2, 0.25) is 5.91 Å². The molecule has 2 aliphatic rings. The number of aromatic nitrogens is 1. The smallest absolute Gasteiger partial charge is 0.225 e. The van der Waals surface area contributed by atoms with Gasteiger partial charge < -0.3 is 14.7 Å². The molecule has 2 fully saturated rings. The fourth-order valence-electron chi connectivity index (χ4n) is 3.63. The molecule has 3 heterocycles. The van der Waals surface area contributed by atoms with E-state index in [1.54, 1.807) is 0 Å². The molecule has 2 saturated heterocycles. The maximum absolute atomic E-state index is 12.7. The third-order valence-corrected chi connectivity index (χ3v) is 5.15. The lowest BCUT2D eigenvalue weighted by Crippen LogP contribution is -2.42. The highest BCUT2D eigenvalue weighted by Gasteiger charge is 2.27. The SMILES string of the molecule is Cc1noc(C)c1CN1CCCN(C(=O)C2CCNCC2)CC1.Cl. The molecule has 3 rings (SSSR count). The molecule has 0 atom stereocenters. The minimum absolute atomic E-state index is 0. The molecule has 0 aromatic carbocycles.